The van der Waals surface area contributed by atoms with E-state index in [2.05, 4.69) is 5.32 Å². The zero-order valence-corrected chi connectivity index (χ0v) is 14.7. The van der Waals surface area contributed by atoms with E-state index in [4.69, 9.17) is 0 Å². The SMILES string of the molecule is CC(C)(C)C(=O)NCCc1ccc(S(=O)[O-])s1.[Na+]. The van der Waals surface area contributed by atoms with Gasteiger partial charge in [-0.2, -0.15) is 0 Å². The van der Waals surface area contributed by atoms with Crippen molar-refractivity contribution in [3.63, 3.8) is 0 Å². The van der Waals surface area contributed by atoms with E-state index in [1.807, 2.05) is 20.8 Å². The van der Waals surface area contributed by atoms with Crippen LogP contribution in [0.25, 0.3) is 0 Å². The third-order valence-corrected chi connectivity index (χ3v) is 4.20. The first-order valence-corrected chi connectivity index (χ1v) is 7.16. The summed E-state index contributed by atoms with van der Waals surface area (Å²) in [5.41, 5.74) is -0.392. The van der Waals surface area contributed by atoms with Gasteiger partial charge < -0.3 is 9.87 Å². The Balaban J connectivity index is 0.00000289. The van der Waals surface area contributed by atoms with Crippen molar-refractivity contribution >= 4 is 28.3 Å². The summed E-state index contributed by atoms with van der Waals surface area (Å²) >= 11 is -0.919. The molecule has 0 saturated carbocycles. The fourth-order valence-electron chi connectivity index (χ4n) is 1.15. The fraction of sp³-hybridized carbons (Fsp3) is 0.545. The van der Waals surface area contributed by atoms with Crippen LogP contribution in [0, 0.1) is 5.41 Å². The van der Waals surface area contributed by atoms with Crippen LogP contribution in [0.4, 0.5) is 0 Å². The second-order valence-corrected chi connectivity index (χ2v) is 7.05. The molecule has 7 heteroatoms. The molecule has 18 heavy (non-hydrogen) atoms. The number of amides is 1. The smallest absolute Gasteiger partial charge is 0.768 e. The maximum Gasteiger partial charge on any atom is 1.00 e. The molecule has 1 unspecified atom stereocenters. The Kier molecular flexibility index (Phi) is 7.89. The van der Waals surface area contributed by atoms with E-state index in [0.717, 1.165) is 4.88 Å². The molecule has 0 aliphatic heterocycles. The predicted octanol–water partition coefficient (Wildman–Crippen LogP) is -1.31. The van der Waals surface area contributed by atoms with Gasteiger partial charge in [-0.1, -0.05) is 20.8 Å². The molecule has 0 radical (unpaired) electrons. The van der Waals surface area contributed by atoms with Crippen LogP contribution in [0.2, 0.25) is 0 Å². The molecule has 0 aliphatic carbocycles. The van der Waals surface area contributed by atoms with Gasteiger partial charge in [0.1, 0.15) is 0 Å². The van der Waals surface area contributed by atoms with E-state index in [1.165, 1.54) is 11.3 Å². The van der Waals surface area contributed by atoms with Gasteiger partial charge in [0.15, 0.2) is 0 Å². The van der Waals surface area contributed by atoms with E-state index in [9.17, 15) is 13.6 Å². The maximum absolute atomic E-state index is 11.6. The van der Waals surface area contributed by atoms with E-state index in [-0.39, 0.29) is 35.5 Å². The Morgan fingerprint density at radius 2 is 2.06 bits per heavy atom. The first-order chi connectivity index (χ1) is 7.80. The molecule has 1 amide bonds. The summed E-state index contributed by atoms with van der Waals surface area (Å²) in [6.07, 6.45) is 0.656. The minimum absolute atomic E-state index is 0. The normalized spacial score (nSPS) is 12.7. The molecule has 1 N–H and O–H groups in total. The van der Waals surface area contributed by atoms with Gasteiger partial charge in [-0.3, -0.25) is 9.00 Å². The van der Waals surface area contributed by atoms with Crippen molar-refractivity contribution in [3.05, 3.63) is 17.0 Å². The monoisotopic (exact) mass is 297 g/mol. The Morgan fingerprint density at radius 3 is 2.50 bits per heavy atom. The second kappa shape index (κ2) is 7.77. The second-order valence-electron chi connectivity index (χ2n) is 4.71. The van der Waals surface area contributed by atoms with Crippen LogP contribution in [-0.2, 0) is 22.3 Å². The van der Waals surface area contributed by atoms with Gasteiger partial charge in [0.2, 0.25) is 5.91 Å². The molecule has 4 nitrogen and oxygen atoms in total. The molecule has 0 bridgehead atoms. The zero-order valence-electron chi connectivity index (χ0n) is 11.1. The molecule has 0 aromatic carbocycles. The van der Waals surface area contributed by atoms with Gasteiger partial charge in [0, 0.05) is 16.8 Å². The summed E-state index contributed by atoms with van der Waals surface area (Å²) in [6.45, 7) is 6.09. The van der Waals surface area contributed by atoms with Crippen molar-refractivity contribution in [1.29, 1.82) is 0 Å². The minimum atomic E-state index is -2.16. The molecule has 1 rings (SSSR count). The molecular formula is C11H16NNaO3S2. The average molecular weight is 297 g/mol. The molecular weight excluding hydrogens is 281 g/mol. The Labute approximate surface area is 136 Å². The van der Waals surface area contributed by atoms with Crippen molar-refractivity contribution in [1.82, 2.24) is 5.32 Å². The van der Waals surface area contributed by atoms with Crippen molar-refractivity contribution < 1.29 is 43.1 Å². The number of rotatable bonds is 4. The number of carbonyl (C=O) groups excluding carboxylic acids is 1. The van der Waals surface area contributed by atoms with Crippen LogP contribution in [-0.4, -0.2) is 21.2 Å². The first kappa shape index (κ1) is 18.3. The molecule has 96 valence electrons. The molecule has 0 saturated heterocycles. The van der Waals surface area contributed by atoms with E-state index >= 15 is 0 Å². The maximum atomic E-state index is 11.6. The van der Waals surface area contributed by atoms with E-state index in [1.54, 1.807) is 12.1 Å². The minimum Gasteiger partial charge on any atom is -0.768 e. The molecule has 0 spiro atoms. The number of thiophene rings is 1. The molecule has 0 aliphatic rings. The third-order valence-electron chi connectivity index (χ3n) is 2.14. The fourth-order valence-corrected chi connectivity index (χ4v) is 2.65. The average Bonchev–Trinajstić information content (AvgIpc) is 2.64. The van der Waals surface area contributed by atoms with Gasteiger partial charge in [0.25, 0.3) is 0 Å². The largest absolute Gasteiger partial charge is 1.00 e. The van der Waals surface area contributed by atoms with Crippen molar-refractivity contribution in [2.24, 2.45) is 5.41 Å². The summed E-state index contributed by atoms with van der Waals surface area (Å²) in [5.74, 6) is 0.00156. The molecule has 1 atom stereocenters. The van der Waals surface area contributed by atoms with Crippen molar-refractivity contribution in [3.8, 4) is 0 Å². The zero-order chi connectivity index (χ0) is 13.1. The van der Waals surface area contributed by atoms with Crippen LogP contribution < -0.4 is 34.9 Å². The predicted molar refractivity (Wildman–Crippen MR) is 67.7 cm³/mol. The summed E-state index contributed by atoms with van der Waals surface area (Å²) in [4.78, 5) is 12.5. The van der Waals surface area contributed by atoms with Gasteiger partial charge in [-0.25, -0.2) is 0 Å². The van der Waals surface area contributed by atoms with Crippen LogP contribution in [0.1, 0.15) is 25.6 Å². The first-order valence-electron chi connectivity index (χ1n) is 5.27. The quantitative estimate of drug-likeness (QED) is 0.554. The standard InChI is InChI=1S/C11H17NO3S2.Na/c1-11(2,3)10(13)12-7-6-8-4-5-9(16-8)17(14)15;/h4-5H,6-7H2,1-3H3,(H,12,13)(H,14,15);/q;+1/p-1. The Bertz CT molecular complexity index is 426. The van der Waals surface area contributed by atoms with Gasteiger partial charge >= 0.3 is 29.6 Å². The Hall–Kier alpha value is 0.280. The number of hydrogen-bond acceptors (Lipinski definition) is 4. The number of hydrogen-bond donors (Lipinski definition) is 1. The van der Waals surface area contributed by atoms with Crippen LogP contribution in [0.5, 0.6) is 0 Å². The summed E-state index contributed by atoms with van der Waals surface area (Å²) in [5, 5.41) is 2.82. The molecule has 0 fully saturated rings. The van der Waals surface area contributed by atoms with Crippen LogP contribution in [0.15, 0.2) is 16.3 Å². The molecule has 1 heterocycles. The summed E-state index contributed by atoms with van der Waals surface area (Å²) in [6, 6.07) is 3.35. The summed E-state index contributed by atoms with van der Waals surface area (Å²) in [7, 11) is 0. The third kappa shape index (κ3) is 5.95. The van der Waals surface area contributed by atoms with Crippen molar-refractivity contribution in [2.45, 2.75) is 31.4 Å². The topological polar surface area (TPSA) is 69.2 Å². The van der Waals surface area contributed by atoms with Gasteiger partial charge in [-0.15, -0.1) is 11.3 Å². The van der Waals surface area contributed by atoms with Crippen molar-refractivity contribution in [2.75, 3.05) is 6.54 Å². The van der Waals surface area contributed by atoms with Crippen LogP contribution in [0.3, 0.4) is 0 Å². The van der Waals surface area contributed by atoms with Gasteiger partial charge in [-0.05, 0) is 29.6 Å². The molecule has 1 aromatic heterocycles. The van der Waals surface area contributed by atoms with Crippen LogP contribution >= 0.6 is 11.3 Å². The number of carbonyl (C=O) groups is 1. The van der Waals surface area contributed by atoms with E-state index < -0.39 is 16.5 Å². The summed E-state index contributed by atoms with van der Waals surface area (Å²) < 4.78 is 21.7. The number of nitrogens with one attached hydrogen (secondary N) is 1. The molecule has 1 aromatic rings. The Morgan fingerprint density at radius 1 is 1.44 bits per heavy atom. The van der Waals surface area contributed by atoms with E-state index in [0.29, 0.717) is 17.2 Å². The van der Waals surface area contributed by atoms with Gasteiger partial charge in [0.05, 0.1) is 4.21 Å².